The van der Waals surface area contributed by atoms with Crippen LogP contribution in [0.1, 0.15) is 54.3 Å². The second-order valence-electron chi connectivity index (χ2n) is 7.48. The van der Waals surface area contributed by atoms with Gasteiger partial charge in [0.2, 0.25) is 0 Å². The molecule has 3 aromatic heterocycles. The van der Waals surface area contributed by atoms with Crippen LogP contribution in [-0.4, -0.2) is 51.8 Å². The van der Waals surface area contributed by atoms with Crippen molar-refractivity contribution >= 4 is 17.4 Å². The summed E-state index contributed by atoms with van der Waals surface area (Å²) in [7, 11) is 0. The lowest BCUT2D eigenvalue weighted by Gasteiger charge is -2.27. The number of carbonyl (C=O) groups excluding carboxylic acids is 1. The first-order valence-electron chi connectivity index (χ1n) is 10.8. The third-order valence-corrected chi connectivity index (χ3v) is 5.51. The SMILES string of the molecule is CCNCCc1ncc(F)cc1[C@H]1CCCN1c1ccn2ncc(C(=O)OCC)c2n1. The van der Waals surface area contributed by atoms with Crippen molar-refractivity contribution in [1.82, 2.24) is 24.9 Å². The van der Waals surface area contributed by atoms with Crippen LogP contribution in [0.25, 0.3) is 5.65 Å². The average molecular weight is 426 g/mol. The van der Waals surface area contributed by atoms with Gasteiger partial charge >= 0.3 is 5.97 Å². The molecule has 164 valence electrons. The van der Waals surface area contributed by atoms with Crippen molar-refractivity contribution in [3.8, 4) is 0 Å². The maximum absolute atomic E-state index is 14.1. The Balaban J connectivity index is 1.68. The van der Waals surface area contributed by atoms with Crippen molar-refractivity contribution in [1.29, 1.82) is 0 Å². The number of aromatic nitrogens is 4. The van der Waals surface area contributed by atoms with Gasteiger partial charge in [-0.05, 0) is 44.0 Å². The van der Waals surface area contributed by atoms with E-state index in [4.69, 9.17) is 9.72 Å². The van der Waals surface area contributed by atoms with Crippen LogP contribution in [0.4, 0.5) is 10.2 Å². The van der Waals surface area contributed by atoms with E-state index < -0.39 is 5.97 Å². The molecule has 1 aliphatic rings. The molecule has 0 bridgehead atoms. The van der Waals surface area contributed by atoms with Crippen molar-refractivity contribution in [3.63, 3.8) is 0 Å². The number of esters is 1. The number of rotatable bonds is 8. The first kappa shape index (κ1) is 21.2. The summed E-state index contributed by atoms with van der Waals surface area (Å²) in [4.78, 5) is 23.5. The lowest BCUT2D eigenvalue weighted by molar-refractivity contribution is 0.0528. The second-order valence-corrected chi connectivity index (χ2v) is 7.48. The molecular formula is C22H27FN6O2. The minimum absolute atomic E-state index is 0.0243. The summed E-state index contributed by atoms with van der Waals surface area (Å²) >= 11 is 0. The molecule has 0 spiro atoms. The monoisotopic (exact) mass is 426 g/mol. The number of anilines is 1. The Morgan fingerprint density at radius 1 is 1.35 bits per heavy atom. The van der Waals surface area contributed by atoms with E-state index in [1.54, 1.807) is 23.7 Å². The van der Waals surface area contributed by atoms with Crippen LogP contribution < -0.4 is 10.2 Å². The van der Waals surface area contributed by atoms with Gasteiger partial charge in [-0.25, -0.2) is 18.7 Å². The van der Waals surface area contributed by atoms with E-state index in [1.165, 1.54) is 12.4 Å². The predicted octanol–water partition coefficient (Wildman–Crippen LogP) is 2.93. The largest absolute Gasteiger partial charge is 0.462 e. The van der Waals surface area contributed by atoms with E-state index in [0.29, 0.717) is 11.2 Å². The molecule has 3 aromatic rings. The lowest BCUT2D eigenvalue weighted by Crippen LogP contribution is -2.26. The Kier molecular flexibility index (Phi) is 6.41. The average Bonchev–Trinajstić information content (AvgIpc) is 3.41. The number of halogens is 1. The summed E-state index contributed by atoms with van der Waals surface area (Å²) in [6.45, 7) is 6.56. The van der Waals surface area contributed by atoms with Gasteiger partial charge in [-0.1, -0.05) is 6.92 Å². The maximum atomic E-state index is 14.1. The van der Waals surface area contributed by atoms with E-state index in [2.05, 4.69) is 27.2 Å². The molecule has 0 saturated carbocycles. The minimum Gasteiger partial charge on any atom is -0.462 e. The Bertz CT molecular complexity index is 1070. The van der Waals surface area contributed by atoms with Crippen LogP contribution in [-0.2, 0) is 11.2 Å². The number of likely N-dealkylation sites (N-methyl/N-ethyl adjacent to an activating group) is 1. The molecule has 0 aliphatic carbocycles. The zero-order valence-electron chi connectivity index (χ0n) is 17.8. The third-order valence-electron chi connectivity index (χ3n) is 5.51. The van der Waals surface area contributed by atoms with Crippen LogP contribution in [0.3, 0.4) is 0 Å². The third kappa shape index (κ3) is 4.36. The smallest absolute Gasteiger partial charge is 0.343 e. The molecular weight excluding hydrogens is 399 g/mol. The first-order valence-corrected chi connectivity index (χ1v) is 10.8. The number of hydrogen-bond acceptors (Lipinski definition) is 7. The van der Waals surface area contributed by atoms with E-state index in [0.717, 1.165) is 56.0 Å². The number of carbonyl (C=O) groups is 1. The molecule has 0 aromatic carbocycles. The summed E-state index contributed by atoms with van der Waals surface area (Å²) in [5.74, 6) is -0.0547. The fourth-order valence-corrected chi connectivity index (χ4v) is 4.10. The molecule has 1 N–H and O–H groups in total. The van der Waals surface area contributed by atoms with Gasteiger partial charge in [-0.3, -0.25) is 4.98 Å². The summed E-state index contributed by atoms with van der Waals surface area (Å²) in [5.41, 5.74) is 2.58. The molecule has 4 rings (SSSR count). The highest BCUT2D eigenvalue weighted by molar-refractivity contribution is 5.95. The fraction of sp³-hybridized carbons (Fsp3) is 0.455. The Labute approximate surface area is 180 Å². The van der Waals surface area contributed by atoms with Crippen LogP contribution in [0.5, 0.6) is 0 Å². The lowest BCUT2D eigenvalue weighted by atomic mass is 10.0. The van der Waals surface area contributed by atoms with Crippen LogP contribution in [0, 0.1) is 5.82 Å². The van der Waals surface area contributed by atoms with Gasteiger partial charge in [0.1, 0.15) is 17.2 Å². The highest BCUT2D eigenvalue weighted by Gasteiger charge is 2.30. The molecule has 0 amide bonds. The van der Waals surface area contributed by atoms with Crippen molar-refractivity contribution in [2.75, 3.05) is 31.1 Å². The van der Waals surface area contributed by atoms with Crippen molar-refractivity contribution in [2.24, 2.45) is 0 Å². The molecule has 1 fully saturated rings. The molecule has 4 heterocycles. The van der Waals surface area contributed by atoms with Gasteiger partial charge in [-0.2, -0.15) is 5.10 Å². The molecule has 0 radical (unpaired) electrons. The van der Waals surface area contributed by atoms with Crippen LogP contribution >= 0.6 is 0 Å². The molecule has 8 nitrogen and oxygen atoms in total. The highest BCUT2D eigenvalue weighted by Crippen LogP contribution is 2.37. The van der Waals surface area contributed by atoms with Gasteiger partial charge in [-0.15, -0.1) is 0 Å². The van der Waals surface area contributed by atoms with Crippen LogP contribution in [0.15, 0.2) is 30.7 Å². The Hall–Kier alpha value is -3.07. The van der Waals surface area contributed by atoms with Crippen molar-refractivity contribution < 1.29 is 13.9 Å². The van der Waals surface area contributed by atoms with Crippen LogP contribution in [0.2, 0.25) is 0 Å². The Morgan fingerprint density at radius 3 is 3.03 bits per heavy atom. The number of ether oxygens (including phenoxy) is 1. The van der Waals surface area contributed by atoms with E-state index in [1.807, 2.05) is 6.07 Å². The molecule has 31 heavy (non-hydrogen) atoms. The van der Waals surface area contributed by atoms with Gasteiger partial charge in [0.05, 0.1) is 25.0 Å². The molecule has 1 aliphatic heterocycles. The standard InChI is InChI=1S/C22H27FN6O2/c1-3-24-9-7-18-16(12-15(23)13-25-18)19-6-5-10-28(19)20-8-11-29-21(27-20)17(14-26-29)22(30)31-4-2/h8,11-14,19,24H,3-7,9-10H2,1-2H3/t19-/m1/s1. The summed E-state index contributed by atoms with van der Waals surface area (Å²) in [6, 6.07) is 3.44. The highest BCUT2D eigenvalue weighted by atomic mass is 19.1. The fourth-order valence-electron chi connectivity index (χ4n) is 4.10. The van der Waals surface area contributed by atoms with Gasteiger partial charge < -0.3 is 15.0 Å². The topological polar surface area (TPSA) is 84.7 Å². The van der Waals surface area contributed by atoms with Crippen molar-refractivity contribution in [3.05, 3.63) is 53.4 Å². The minimum atomic E-state index is -0.444. The number of nitrogens with zero attached hydrogens (tertiary/aromatic N) is 5. The molecule has 0 unspecified atom stereocenters. The number of fused-ring (bicyclic) bond motifs is 1. The quantitative estimate of drug-likeness (QED) is 0.438. The van der Waals surface area contributed by atoms with Gasteiger partial charge in [0, 0.05) is 31.4 Å². The maximum Gasteiger partial charge on any atom is 0.343 e. The van der Waals surface area contributed by atoms with E-state index in [9.17, 15) is 9.18 Å². The summed E-state index contributed by atoms with van der Waals surface area (Å²) in [5, 5.41) is 7.51. The first-order chi connectivity index (χ1) is 15.1. The van der Waals surface area contributed by atoms with E-state index >= 15 is 0 Å². The molecule has 9 heteroatoms. The number of nitrogens with one attached hydrogen (secondary N) is 1. The molecule has 1 saturated heterocycles. The Morgan fingerprint density at radius 2 is 2.23 bits per heavy atom. The second kappa shape index (κ2) is 9.38. The van der Waals surface area contributed by atoms with Gasteiger partial charge in [0.15, 0.2) is 5.65 Å². The molecule has 1 atom stereocenters. The number of pyridine rings is 1. The predicted molar refractivity (Wildman–Crippen MR) is 115 cm³/mol. The zero-order chi connectivity index (χ0) is 21.8. The van der Waals surface area contributed by atoms with E-state index in [-0.39, 0.29) is 18.5 Å². The van der Waals surface area contributed by atoms with Crippen molar-refractivity contribution in [2.45, 2.75) is 39.2 Å². The summed E-state index contributed by atoms with van der Waals surface area (Å²) < 4.78 is 20.8. The zero-order valence-corrected chi connectivity index (χ0v) is 17.8. The number of hydrogen-bond donors (Lipinski definition) is 1. The van der Waals surface area contributed by atoms with Gasteiger partial charge in [0.25, 0.3) is 0 Å². The summed E-state index contributed by atoms with van der Waals surface area (Å²) in [6.07, 6.45) is 7.12. The normalized spacial score (nSPS) is 16.2.